The maximum atomic E-state index is 12.9. The van der Waals surface area contributed by atoms with E-state index in [4.69, 9.17) is 28.0 Å². The number of carbonyl (C=O) groups excluding carboxylic acids is 4. The highest BCUT2D eigenvalue weighted by Crippen LogP contribution is 2.06. The van der Waals surface area contributed by atoms with Crippen LogP contribution < -0.4 is 38.9 Å². The molecule has 0 aromatic rings. The van der Waals surface area contributed by atoms with Crippen molar-refractivity contribution in [3.05, 3.63) is 0 Å². The third kappa shape index (κ3) is 15.2. The van der Waals surface area contributed by atoms with Gasteiger partial charge in [0.2, 0.25) is 23.6 Å². The van der Waals surface area contributed by atoms with Gasteiger partial charge in [0.25, 0.3) is 0 Å². The van der Waals surface area contributed by atoms with Crippen molar-refractivity contribution in [3.8, 4) is 0 Å². The summed E-state index contributed by atoms with van der Waals surface area (Å²) < 4.78 is 0. The lowest BCUT2D eigenvalue weighted by atomic mass is 10.1. The lowest BCUT2D eigenvalue weighted by Crippen LogP contribution is -2.57. The minimum atomic E-state index is -1.50. The summed E-state index contributed by atoms with van der Waals surface area (Å²) in [4.78, 5) is 75.5. The second-order valence-corrected chi connectivity index (χ2v) is 8.95. The van der Waals surface area contributed by atoms with Crippen molar-refractivity contribution in [1.82, 2.24) is 16.0 Å². The van der Waals surface area contributed by atoms with Gasteiger partial charge >= 0.3 is 11.9 Å². The molecule has 4 amide bonds. The smallest absolute Gasteiger partial charge is 0.326 e. The number of rotatable bonds is 19. The number of thioether (sulfide) groups is 1. The monoisotopic (exact) mass is 548 g/mol. The van der Waals surface area contributed by atoms with E-state index in [2.05, 4.69) is 20.9 Å². The van der Waals surface area contributed by atoms with Gasteiger partial charge < -0.3 is 49.1 Å². The predicted molar refractivity (Wildman–Crippen MR) is 135 cm³/mol. The molecular weight excluding hydrogens is 512 g/mol. The highest BCUT2D eigenvalue weighted by Gasteiger charge is 2.31. The molecule has 0 aliphatic heterocycles. The van der Waals surface area contributed by atoms with Crippen LogP contribution in [0.15, 0.2) is 4.99 Å². The fourth-order valence-corrected chi connectivity index (χ4v) is 3.38. The molecule has 210 valence electrons. The van der Waals surface area contributed by atoms with Gasteiger partial charge in [-0.2, -0.15) is 11.8 Å². The van der Waals surface area contributed by atoms with Crippen molar-refractivity contribution in [2.45, 2.75) is 62.7 Å². The van der Waals surface area contributed by atoms with Gasteiger partial charge in [-0.1, -0.05) is 0 Å². The Labute approximate surface area is 217 Å². The molecular formula is C20H36N8O8S. The number of carbonyl (C=O) groups is 6. The van der Waals surface area contributed by atoms with E-state index in [1.165, 1.54) is 11.8 Å². The van der Waals surface area contributed by atoms with Crippen LogP contribution in [-0.4, -0.2) is 94.5 Å². The summed E-state index contributed by atoms with van der Waals surface area (Å²) in [6.45, 7) is 0.151. The Balaban J connectivity index is 5.44. The van der Waals surface area contributed by atoms with Crippen LogP contribution >= 0.6 is 11.8 Å². The number of aliphatic carboxylic acids is 2. The number of carboxylic acids is 2. The fourth-order valence-electron chi connectivity index (χ4n) is 2.91. The molecule has 13 N–H and O–H groups in total. The molecule has 0 rings (SSSR count). The number of amides is 4. The zero-order valence-corrected chi connectivity index (χ0v) is 21.3. The zero-order valence-electron chi connectivity index (χ0n) is 20.5. The summed E-state index contributed by atoms with van der Waals surface area (Å²) >= 11 is 1.37. The molecule has 4 unspecified atom stereocenters. The van der Waals surface area contributed by atoms with Crippen LogP contribution in [0.2, 0.25) is 0 Å². The summed E-state index contributed by atoms with van der Waals surface area (Å²) in [5, 5.41) is 25.2. The molecule has 0 spiro atoms. The first-order valence-electron chi connectivity index (χ1n) is 11.2. The molecule has 0 fully saturated rings. The summed E-state index contributed by atoms with van der Waals surface area (Å²) in [7, 11) is 0. The second kappa shape index (κ2) is 17.8. The van der Waals surface area contributed by atoms with Gasteiger partial charge in [-0.05, 0) is 37.7 Å². The molecule has 0 heterocycles. The SMILES string of the molecule is CSCCC(NC(=O)C(CC(N)=O)NC(=O)C(N)CCC(=O)O)C(=O)NC(CCCN=C(N)N)C(=O)O. The first kappa shape index (κ1) is 33.4. The van der Waals surface area contributed by atoms with Crippen molar-refractivity contribution >= 4 is 53.3 Å². The van der Waals surface area contributed by atoms with Crippen molar-refractivity contribution in [2.24, 2.45) is 27.9 Å². The molecule has 0 aromatic heterocycles. The van der Waals surface area contributed by atoms with Gasteiger partial charge in [-0.3, -0.25) is 29.0 Å². The average Bonchev–Trinajstić information content (AvgIpc) is 2.80. The van der Waals surface area contributed by atoms with Crippen LogP contribution in [0, 0.1) is 0 Å². The molecule has 0 aliphatic carbocycles. The van der Waals surface area contributed by atoms with Gasteiger partial charge in [0.05, 0.1) is 12.5 Å². The van der Waals surface area contributed by atoms with Crippen LogP contribution in [0.1, 0.15) is 38.5 Å². The van der Waals surface area contributed by atoms with E-state index in [1.807, 2.05) is 0 Å². The van der Waals surface area contributed by atoms with Crippen molar-refractivity contribution < 1.29 is 39.0 Å². The largest absolute Gasteiger partial charge is 0.481 e. The van der Waals surface area contributed by atoms with E-state index in [9.17, 15) is 33.9 Å². The zero-order chi connectivity index (χ0) is 28.5. The number of primary amides is 1. The molecule has 17 heteroatoms. The number of nitrogens with one attached hydrogen (secondary N) is 3. The summed E-state index contributed by atoms with van der Waals surface area (Å²) in [5.41, 5.74) is 21.3. The van der Waals surface area contributed by atoms with Crippen LogP contribution in [0.5, 0.6) is 0 Å². The second-order valence-electron chi connectivity index (χ2n) is 7.96. The quantitative estimate of drug-likeness (QED) is 0.0429. The molecule has 0 saturated heterocycles. The Morgan fingerprint density at radius 3 is 1.92 bits per heavy atom. The molecule has 4 atom stereocenters. The minimum absolute atomic E-state index is 0.00956. The number of aliphatic imine (C=N–C) groups is 1. The maximum absolute atomic E-state index is 12.9. The summed E-state index contributed by atoms with van der Waals surface area (Å²) in [6, 6.07) is -5.26. The van der Waals surface area contributed by atoms with Gasteiger partial charge in [0.15, 0.2) is 5.96 Å². The topological polar surface area (TPSA) is 295 Å². The van der Waals surface area contributed by atoms with E-state index in [0.29, 0.717) is 5.75 Å². The van der Waals surface area contributed by atoms with E-state index in [0.717, 1.165) is 0 Å². The highest BCUT2D eigenvalue weighted by atomic mass is 32.2. The third-order valence-electron chi connectivity index (χ3n) is 4.85. The van der Waals surface area contributed by atoms with Crippen molar-refractivity contribution in [3.63, 3.8) is 0 Å². The number of nitrogens with zero attached hydrogens (tertiary/aromatic N) is 1. The Hall–Kier alpha value is -3.60. The highest BCUT2D eigenvalue weighted by molar-refractivity contribution is 7.98. The molecule has 0 aromatic carbocycles. The lowest BCUT2D eigenvalue weighted by Gasteiger charge is -2.24. The Kier molecular flexibility index (Phi) is 16.0. The number of guanidine groups is 1. The molecule has 16 nitrogen and oxygen atoms in total. The molecule has 37 heavy (non-hydrogen) atoms. The Bertz CT molecular complexity index is 852. The average molecular weight is 549 g/mol. The lowest BCUT2D eigenvalue weighted by molar-refractivity contribution is -0.142. The summed E-state index contributed by atoms with van der Waals surface area (Å²) in [6.07, 6.45) is 0.896. The van der Waals surface area contributed by atoms with Gasteiger partial charge in [-0.25, -0.2) is 4.79 Å². The van der Waals surface area contributed by atoms with Crippen LogP contribution in [0.25, 0.3) is 0 Å². The molecule has 0 aliphatic rings. The Morgan fingerprint density at radius 1 is 0.838 bits per heavy atom. The summed E-state index contributed by atoms with van der Waals surface area (Å²) in [5.74, 6) is -5.77. The Morgan fingerprint density at radius 2 is 1.41 bits per heavy atom. The first-order valence-corrected chi connectivity index (χ1v) is 12.6. The number of carboxylic acid groups (broad SMARTS) is 2. The van der Waals surface area contributed by atoms with E-state index >= 15 is 0 Å². The van der Waals surface area contributed by atoms with E-state index < -0.39 is 72.6 Å². The maximum Gasteiger partial charge on any atom is 0.326 e. The van der Waals surface area contributed by atoms with Gasteiger partial charge in [-0.15, -0.1) is 0 Å². The fraction of sp³-hybridized carbons (Fsp3) is 0.650. The van der Waals surface area contributed by atoms with Gasteiger partial charge in [0, 0.05) is 13.0 Å². The van der Waals surface area contributed by atoms with E-state index in [1.54, 1.807) is 6.26 Å². The standard InChI is InChI=1S/C20H36N8O8S/c1-37-8-6-11(17(33)27-12(19(35)36)3-2-7-25-20(23)24)26-18(34)13(9-14(22)29)28-16(32)10(21)4-5-15(30)31/h10-13H,2-9,21H2,1H3,(H2,22,29)(H,26,34)(H,27,33)(H,28,32)(H,30,31)(H,35,36)(H4,23,24,25). The van der Waals surface area contributed by atoms with Crippen molar-refractivity contribution in [1.29, 1.82) is 0 Å². The number of hydrogen-bond acceptors (Lipinski definition) is 9. The number of hydrogen-bond donors (Lipinski definition) is 9. The first-order chi connectivity index (χ1) is 17.3. The molecule has 0 saturated carbocycles. The van der Waals surface area contributed by atoms with E-state index in [-0.39, 0.29) is 38.2 Å². The van der Waals surface area contributed by atoms with Crippen LogP contribution in [-0.2, 0) is 28.8 Å². The van der Waals surface area contributed by atoms with Crippen molar-refractivity contribution in [2.75, 3.05) is 18.6 Å². The van der Waals surface area contributed by atoms with Gasteiger partial charge in [0.1, 0.15) is 18.1 Å². The number of nitrogens with two attached hydrogens (primary N) is 4. The predicted octanol–water partition coefficient (Wildman–Crippen LogP) is -3.60. The molecule has 0 radical (unpaired) electrons. The normalized spacial score (nSPS) is 13.8. The minimum Gasteiger partial charge on any atom is -0.481 e. The van der Waals surface area contributed by atoms with Crippen LogP contribution in [0.4, 0.5) is 0 Å². The van der Waals surface area contributed by atoms with Crippen LogP contribution in [0.3, 0.4) is 0 Å². The molecule has 0 bridgehead atoms. The third-order valence-corrected chi connectivity index (χ3v) is 5.49.